The van der Waals surface area contributed by atoms with Gasteiger partial charge in [0.1, 0.15) is 17.0 Å². The van der Waals surface area contributed by atoms with Crippen LogP contribution < -0.4 is 0 Å². The van der Waals surface area contributed by atoms with Crippen LogP contribution in [0.3, 0.4) is 0 Å². The van der Waals surface area contributed by atoms with E-state index in [0.717, 1.165) is 20.8 Å². The van der Waals surface area contributed by atoms with Gasteiger partial charge in [-0.25, -0.2) is 18.6 Å². The fourth-order valence-corrected chi connectivity index (χ4v) is 4.80. The van der Waals surface area contributed by atoms with Crippen molar-refractivity contribution in [1.82, 2.24) is 14.9 Å². The number of rotatable bonds is 1. The maximum atomic E-state index is 14.6. The lowest BCUT2D eigenvalue weighted by Gasteiger charge is -2.30. The van der Waals surface area contributed by atoms with Crippen LogP contribution in [-0.2, 0) is 10.3 Å². The normalized spacial score (nSPS) is 25.4. The molecule has 1 aliphatic carbocycles. The number of nitrogens with zero attached hydrogens (tertiary/aromatic N) is 2. The highest BCUT2D eigenvalue weighted by molar-refractivity contribution is 9.10. The number of ether oxygens (including phenoxy) is 1. The van der Waals surface area contributed by atoms with E-state index in [1.165, 1.54) is 4.90 Å². The maximum Gasteiger partial charge on any atom is 0.411 e. The summed E-state index contributed by atoms with van der Waals surface area (Å²) in [7, 11) is 0. The molecular weight excluding hydrogens is 444 g/mol. The lowest BCUT2D eigenvalue weighted by atomic mass is 10.1. The Labute approximate surface area is 174 Å². The number of amides is 1. The van der Waals surface area contributed by atoms with E-state index in [-0.39, 0.29) is 6.42 Å². The monoisotopic (exact) mass is 463 g/mol. The minimum absolute atomic E-state index is 0.169. The summed E-state index contributed by atoms with van der Waals surface area (Å²) in [5.41, 5.74) is -0.441. The van der Waals surface area contributed by atoms with Gasteiger partial charge in [-0.05, 0) is 50.8 Å². The second-order valence-corrected chi connectivity index (χ2v) is 9.84. The zero-order chi connectivity index (χ0) is 20.8. The van der Waals surface area contributed by atoms with Gasteiger partial charge in [0.15, 0.2) is 0 Å². The molecule has 2 aliphatic rings. The summed E-state index contributed by atoms with van der Waals surface area (Å²) in [5, 5.41) is 1.92. The molecule has 0 radical (unpaired) electrons. The Morgan fingerprint density at radius 3 is 2.76 bits per heavy atom. The molecule has 0 spiro atoms. The number of benzene rings is 2. The van der Waals surface area contributed by atoms with Gasteiger partial charge in [0.05, 0.1) is 23.5 Å². The number of aromatic nitrogens is 2. The number of hydrogen-bond donors (Lipinski definition) is 1. The molecule has 1 saturated carbocycles. The quantitative estimate of drug-likeness (QED) is 0.512. The molecule has 2 aromatic carbocycles. The van der Waals surface area contributed by atoms with Crippen LogP contribution in [0.4, 0.5) is 13.6 Å². The Morgan fingerprint density at radius 1 is 1.31 bits per heavy atom. The van der Waals surface area contributed by atoms with Crippen LogP contribution in [-0.4, -0.2) is 39.0 Å². The van der Waals surface area contributed by atoms with Gasteiger partial charge in [-0.3, -0.25) is 4.90 Å². The molecule has 0 unspecified atom stereocenters. The van der Waals surface area contributed by atoms with Crippen molar-refractivity contribution in [3.63, 3.8) is 0 Å². The molecule has 1 saturated heterocycles. The fraction of sp³-hybridized carbons (Fsp3) is 0.429. The number of carbonyl (C=O) groups excluding carboxylic acids is 1. The Morgan fingerprint density at radius 2 is 2.07 bits per heavy atom. The fourth-order valence-electron chi connectivity index (χ4n) is 4.42. The Kier molecular flexibility index (Phi) is 3.68. The highest BCUT2D eigenvalue weighted by atomic mass is 79.9. The zero-order valence-corrected chi connectivity index (χ0v) is 17.8. The predicted octanol–water partition coefficient (Wildman–Crippen LogP) is 5.58. The first-order valence-electron chi connectivity index (χ1n) is 9.48. The SMILES string of the molecule is CC(C)(C)OC(=O)N1CC(F)(F)[C@H]2C[C@]21c1nc2c(ccc3cc(Br)ccc32)[nH]1. The van der Waals surface area contributed by atoms with Gasteiger partial charge in [0.25, 0.3) is 5.92 Å². The highest BCUT2D eigenvalue weighted by Gasteiger charge is 2.78. The van der Waals surface area contributed by atoms with Gasteiger partial charge in [-0.2, -0.15) is 0 Å². The number of H-pyrrole nitrogens is 1. The van der Waals surface area contributed by atoms with Crippen LogP contribution in [0.5, 0.6) is 0 Å². The predicted molar refractivity (Wildman–Crippen MR) is 109 cm³/mol. The van der Waals surface area contributed by atoms with E-state index < -0.39 is 35.6 Å². The van der Waals surface area contributed by atoms with Crippen molar-refractivity contribution in [2.45, 2.75) is 44.3 Å². The van der Waals surface area contributed by atoms with Crippen molar-refractivity contribution in [2.24, 2.45) is 5.92 Å². The van der Waals surface area contributed by atoms with Crippen molar-refractivity contribution in [3.05, 3.63) is 40.6 Å². The standard InChI is InChI=1S/C21H20BrF2N3O2/c1-19(2,3)29-18(28)27-10-21(23,24)15-9-20(15,27)17-25-14-7-4-11-8-12(22)5-6-13(11)16(14)26-17/h4-8,15H,9-10H2,1-3H3,(H,25,26)/t15-,20+/m0/s1. The molecule has 1 N–H and O–H groups in total. The minimum Gasteiger partial charge on any atom is -0.444 e. The third-order valence-corrected chi connectivity index (χ3v) is 6.24. The largest absolute Gasteiger partial charge is 0.444 e. The van der Waals surface area contributed by atoms with Gasteiger partial charge in [-0.15, -0.1) is 0 Å². The number of alkyl halides is 2. The molecular formula is C21H20BrF2N3O2. The van der Waals surface area contributed by atoms with Crippen LogP contribution in [0.15, 0.2) is 34.8 Å². The van der Waals surface area contributed by atoms with Gasteiger partial charge >= 0.3 is 6.09 Å². The van der Waals surface area contributed by atoms with E-state index in [1.807, 2.05) is 30.3 Å². The number of hydrogen-bond acceptors (Lipinski definition) is 3. The molecule has 5 nitrogen and oxygen atoms in total. The molecule has 29 heavy (non-hydrogen) atoms. The third-order valence-electron chi connectivity index (χ3n) is 5.75. The van der Waals surface area contributed by atoms with Gasteiger partial charge in [-0.1, -0.05) is 28.1 Å². The Balaban J connectivity index is 1.62. The van der Waals surface area contributed by atoms with E-state index in [4.69, 9.17) is 9.72 Å². The summed E-state index contributed by atoms with van der Waals surface area (Å²) >= 11 is 3.46. The zero-order valence-electron chi connectivity index (χ0n) is 16.2. The van der Waals surface area contributed by atoms with Crippen LogP contribution in [0.1, 0.15) is 33.0 Å². The number of halogens is 3. The van der Waals surface area contributed by atoms with Gasteiger partial charge in [0.2, 0.25) is 0 Å². The Bertz CT molecular complexity index is 1170. The molecule has 2 heterocycles. The van der Waals surface area contributed by atoms with Crippen LogP contribution >= 0.6 is 15.9 Å². The third kappa shape index (κ3) is 2.75. The number of nitrogens with one attached hydrogen (secondary N) is 1. The van der Waals surface area contributed by atoms with Crippen LogP contribution in [0.2, 0.25) is 0 Å². The van der Waals surface area contributed by atoms with E-state index >= 15 is 0 Å². The average molecular weight is 464 g/mol. The van der Waals surface area contributed by atoms with Gasteiger partial charge < -0.3 is 9.72 Å². The van der Waals surface area contributed by atoms with Crippen molar-refractivity contribution >= 4 is 43.8 Å². The molecule has 1 aromatic heterocycles. The van der Waals surface area contributed by atoms with Gasteiger partial charge in [0, 0.05) is 9.86 Å². The summed E-state index contributed by atoms with van der Waals surface area (Å²) < 4.78 is 35.6. The number of fused-ring (bicyclic) bond motifs is 4. The van der Waals surface area contributed by atoms with Crippen molar-refractivity contribution < 1.29 is 18.3 Å². The summed E-state index contributed by atoms with van der Waals surface area (Å²) in [5.74, 6) is -3.53. The first kappa shape index (κ1) is 18.8. The summed E-state index contributed by atoms with van der Waals surface area (Å²) in [6.45, 7) is 4.52. The number of carbonyl (C=O) groups is 1. The Hall–Kier alpha value is -2.22. The molecule has 1 amide bonds. The lowest BCUT2D eigenvalue weighted by Crippen LogP contribution is -2.43. The summed E-state index contributed by atoms with van der Waals surface area (Å²) in [6, 6.07) is 9.70. The van der Waals surface area contributed by atoms with Crippen molar-refractivity contribution in [2.75, 3.05) is 6.54 Å². The van der Waals surface area contributed by atoms with E-state index in [9.17, 15) is 13.6 Å². The molecule has 1 aliphatic heterocycles. The first-order valence-corrected chi connectivity index (χ1v) is 10.3. The number of imidazole rings is 1. The number of aromatic amines is 1. The van der Waals surface area contributed by atoms with Crippen LogP contribution in [0, 0.1) is 5.92 Å². The van der Waals surface area contributed by atoms with Crippen LogP contribution in [0.25, 0.3) is 21.8 Å². The number of piperidine rings is 1. The highest BCUT2D eigenvalue weighted by Crippen LogP contribution is 2.67. The second-order valence-electron chi connectivity index (χ2n) is 8.92. The lowest BCUT2D eigenvalue weighted by molar-refractivity contribution is -0.0266. The van der Waals surface area contributed by atoms with E-state index in [2.05, 4.69) is 20.9 Å². The summed E-state index contributed by atoms with van der Waals surface area (Å²) in [4.78, 5) is 21.8. The molecule has 0 bridgehead atoms. The number of likely N-dealkylation sites (tertiary alicyclic amines) is 1. The molecule has 152 valence electrons. The smallest absolute Gasteiger partial charge is 0.411 e. The molecule has 3 aromatic rings. The topological polar surface area (TPSA) is 58.2 Å². The minimum atomic E-state index is -2.97. The molecule has 2 atom stereocenters. The maximum absolute atomic E-state index is 14.6. The van der Waals surface area contributed by atoms with Crippen molar-refractivity contribution in [3.8, 4) is 0 Å². The van der Waals surface area contributed by atoms with Crippen molar-refractivity contribution in [1.29, 1.82) is 0 Å². The molecule has 8 heteroatoms. The molecule has 2 fully saturated rings. The second kappa shape index (κ2) is 5.68. The van der Waals surface area contributed by atoms with E-state index in [1.54, 1.807) is 20.8 Å². The summed E-state index contributed by atoms with van der Waals surface area (Å²) in [6.07, 6.45) is -0.561. The van der Waals surface area contributed by atoms with E-state index in [0.29, 0.717) is 11.3 Å². The average Bonchev–Trinajstić information content (AvgIpc) is 3.14. The molecule has 5 rings (SSSR count). The first-order chi connectivity index (χ1) is 13.5.